The van der Waals surface area contributed by atoms with Gasteiger partial charge in [-0.3, -0.25) is 4.79 Å². The number of aliphatic carboxylic acids is 1. The Bertz CT molecular complexity index is 860. The highest BCUT2D eigenvalue weighted by Crippen LogP contribution is 2.30. The Hall–Kier alpha value is -3.16. The molecule has 1 fully saturated rings. The van der Waals surface area contributed by atoms with E-state index in [1.54, 1.807) is 31.3 Å². The molecule has 0 radical (unpaired) electrons. The summed E-state index contributed by atoms with van der Waals surface area (Å²) in [5.41, 5.74) is -0.299. The predicted molar refractivity (Wildman–Crippen MR) is 94.9 cm³/mol. The van der Waals surface area contributed by atoms with Gasteiger partial charge in [0.1, 0.15) is 11.6 Å². The number of hydrogen-bond donors (Lipinski definition) is 2. The number of halogens is 1. The van der Waals surface area contributed by atoms with Crippen molar-refractivity contribution < 1.29 is 23.8 Å². The van der Waals surface area contributed by atoms with Crippen LogP contribution in [-0.2, 0) is 11.3 Å². The molecule has 2 heterocycles. The number of carboxylic acid groups (broad SMARTS) is 1. The molecule has 0 bridgehead atoms. The number of ether oxygens (including phenoxy) is 1. The number of nitrogens with one attached hydrogen (secondary N) is 1. The number of hydrogen-bond acceptors (Lipinski definition) is 4. The van der Waals surface area contributed by atoms with Crippen molar-refractivity contribution in [2.24, 2.45) is 5.41 Å². The maximum absolute atomic E-state index is 13.3. The molecule has 0 aliphatic carbocycles. The van der Waals surface area contributed by atoms with Crippen LogP contribution in [0.2, 0.25) is 0 Å². The third-order valence-corrected chi connectivity index (χ3v) is 4.57. The van der Waals surface area contributed by atoms with Crippen molar-refractivity contribution in [1.29, 1.82) is 0 Å². The third-order valence-electron chi connectivity index (χ3n) is 4.57. The van der Waals surface area contributed by atoms with Crippen molar-refractivity contribution in [3.63, 3.8) is 0 Å². The maximum atomic E-state index is 13.3. The molecular formula is C19H20FN3O4. The topological polar surface area (TPSA) is 91.8 Å². The van der Waals surface area contributed by atoms with Gasteiger partial charge < -0.3 is 20.1 Å². The van der Waals surface area contributed by atoms with Crippen LogP contribution in [0.4, 0.5) is 9.18 Å². The Labute approximate surface area is 155 Å². The van der Waals surface area contributed by atoms with Crippen LogP contribution in [0.15, 0.2) is 42.6 Å². The molecule has 0 saturated carbocycles. The third kappa shape index (κ3) is 4.33. The summed E-state index contributed by atoms with van der Waals surface area (Å²) in [6.07, 6.45) is 1.95. The van der Waals surface area contributed by atoms with Gasteiger partial charge in [0.15, 0.2) is 0 Å². The first-order valence-corrected chi connectivity index (χ1v) is 8.51. The van der Waals surface area contributed by atoms with E-state index < -0.39 is 17.2 Å². The normalized spacial score (nSPS) is 19.0. The largest absolute Gasteiger partial charge is 0.481 e. The van der Waals surface area contributed by atoms with Crippen molar-refractivity contribution in [2.75, 3.05) is 13.1 Å². The molecule has 2 amide bonds. The van der Waals surface area contributed by atoms with Crippen molar-refractivity contribution in [3.05, 3.63) is 54.0 Å². The maximum Gasteiger partial charge on any atom is 0.317 e. The second-order valence-corrected chi connectivity index (χ2v) is 6.72. The van der Waals surface area contributed by atoms with E-state index in [0.717, 1.165) is 0 Å². The van der Waals surface area contributed by atoms with Gasteiger partial charge in [0.25, 0.3) is 0 Å². The molecule has 142 valence electrons. The number of nitrogens with zero attached hydrogens (tertiary/aromatic N) is 2. The van der Waals surface area contributed by atoms with Gasteiger partial charge in [0, 0.05) is 37.5 Å². The number of rotatable bonds is 5. The second-order valence-electron chi connectivity index (χ2n) is 6.72. The molecule has 7 nitrogen and oxygen atoms in total. The first-order valence-electron chi connectivity index (χ1n) is 8.51. The highest BCUT2D eigenvalue weighted by atomic mass is 19.1. The number of urea groups is 1. The van der Waals surface area contributed by atoms with Gasteiger partial charge in [-0.05, 0) is 31.5 Å². The van der Waals surface area contributed by atoms with E-state index in [4.69, 9.17) is 4.74 Å². The number of benzene rings is 1. The average Bonchev–Trinajstić information content (AvgIpc) is 3.05. The molecule has 8 heteroatoms. The van der Waals surface area contributed by atoms with Crippen LogP contribution < -0.4 is 10.1 Å². The number of carbonyl (C=O) groups is 2. The van der Waals surface area contributed by atoms with E-state index in [9.17, 15) is 19.1 Å². The van der Waals surface area contributed by atoms with Gasteiger partial charge in [0.2, 0.25) is 5.88 Å². The average molecular weight is 373 g/mol. The Kier molecular flexibility index (Phi) is 5.25. The number of pyridine rings is 1. The highest BCUT2D eigenvalue weighted by Gasteiger charge is 2.42. The fourth-order valence-corrected chi connectivity index (χ4v) is 2.88. The van der Waals surface area contributed by atoms with Gasteiger partial charge in [-0.2, -0.15) is 0 Å². The Balaban J connectivity index is 1.63. The van der Waals surface area contributed by atoms with Crippen LogP contribution in [-0.4, -0.2) is 40.1 Å². The number of aromatic nitrogens is 1. The summed E-state index contributed by atoms with van der Waals surface area (Å²) in [6.45, 7) is 2.33. The van der Waals surface area contributed by atoms with E-state index >= 15 is 0 Å². The fourth-order valence-electron chi connectivity index (χ4n) is 2.88. The molecule has 1 unspecified atom stereocenters. The van der Waals surface area contributed by atoms with E-state index in [1.165, 1.54) is 23.1 Å². The summed E-state index contributed by atoms with van der Waals surface area (Å²) < 4.78 is 18.9. The van der Waals surface area contributed by atoms with E-state index in [0.29, 0.717) is 24.3 Å². The number of likely N-dealkylation sites (tertiary alicyclic amines) is 1. The lowest BCUT2D eigenvalue weighted by Gasteiger charge is -2.20. The van der Waals surface area contributed by atoms with Crippen LogP contribution in [0.1, 0.15) is 18.9 Å². The zero-order valence-electron chi connectivity index (χ0n) is 14.8. The Morgan fingerprint density at radius 1 is 1.37 bits per heavy atom. The van der Waals surface area contributed by atoms with Gasteiger partial charge in [-0.25, -0.2) is 14.2 Å². The molecule has 0 spiro atoms. The molecule has 1 aliphatic rings. The van der Waals surface area contributed by atoms with Crippen LogP contribution >= 0.6 is 0 Å². The van der Waals surface area contributed by atoms with Crippen molar-refractivity contribution in [2.45, 2.75) is 19.9 Å². The number of carbonyl (C=O) groups excluding carboxylic acids is 1. The zero-order chi connectivity index (χ0) is 19.4. The lowest BCUT2D eigenvalue weighted by atomic mass is 9.90. The molecule has 1 atom stereocenters. The van der Waals surface area contributed by atoms with Gasteiger partial charge in [0.05, 0.1) is 5.41 Å². The molecule has 1 aliphatic heterocycles. The zero-order valence-corrected chi connectivity index (χ0v) is 14.8. The lowest BCUT2D eigenvalue weighted by molar-refractivity contribution is -0.147. The predicted octanol–water partition coefficient (Wildman–Crippen LogP) is 3.02. The Morgan fingerprint density at radius 2 is 2.19 bits per heavy atom. The van der Waals surface area contributed by atoms with Crippen molar-refractivity contribution in [3.8, 4) is 11.6 Å². The number of carboxylic acids is 1. The summed E-state index contributed by atoms with van der Waals surface area (Å²) in [6, 6.07) is 8.80. The van der Waals surface area contributed by atoms with Crippen LogP contribution in [0.25, 0.3) is 0 Å². The molecule has 3 rings (SSSR count). The molecule has 1 aromatic carbocycles. The smallest absolute Gasteiger partial charge is 0.317 e. The fraction of sp³-hybridized carbons (Fsp3) is 0.316. The van der Waals surface area contributed by atoms with E-state index in [2.05, 4.69) is 10.3 Å². The summed E-state index contributed by atoms with van der Waals surface area (Å²) in [4.78, 5) is 29.3. The molecule has 2 N–H and O–H groups in total. The minimum atomic E-state index is -0.919. The van der Waals surface area contributed by atoms with E-state index in [-0.39, 0.29) is 25.0 Å². The monoisotopic (exact) mass is 373 g/mol. The molecular weight excluding hydrogens is 353 g/mol. The molecule has 1 saturated heterocycles. The van der Waals surface area contributed by atoms with Gasteiger partial charge in [-0.1, -0.05) is 12.1 Å². The van der Waals surface area contributed by atoms with Crippen molar-refractivity contribution in [1.82, 2.24) is 15.2 Å². The molecule has 27 heavy (non-hydrogen) atoms. The second kappa shape index (κ2) is 7.61. The lowest BCUT2D eigenvalue weighted by Crippen LogP contribution is -2.40. The first-order chi connectivity index (χ1) is 12.9. The SMILES string of the molecule is CC1(C(=O)O)CCN(C(=O)NCc2cccnc2Oc2cccc(F)c2)C1. The van der Waals surface area contributed by atoms with E-state index in [1.807, 2.05) is 0 Å². The minimum absolute atomic E-state index is 0.150. The van der Waals surface area contributed by atoms with Crippen LogP contribution in [0.3, 0.4) is 0 Å². The first kappa shape index (κ1) is 18.6. The van der Waals surface area contributed by atoms with Gasteiger partial charge in [-0.15, -0.1) is 0 Å². The number of amides is 2. The van der Waals surface area contributed by atoms with Crippen LogP contribution in [0, 0.1) is 11.2 Å². The quantitative estimate of drug-likeness (QED) is 0.841. The summed E-state index contributed by atoms with van der Waals surface area (Å²) >= 11 is 0. The summed E-state index contributed by atoms with van der Waals surface area (Å²) in [7, 11) is 0. The minimum Gasteiger partial charge on any atom is -0.481 e. The van der Waals surface area contributed by atoms with Gasteiger partial charge >= 0.3 is 12.0 Å². The summed E-state index contributed by atoms with van der Waals surface area (Å²) in [5, 5.41) is 12.0. The molecule has 2 aromatic rings. The molecule has 1 aromatic heterocycles. The highest BCUT2D eigenvalue weighted by molar-refractivity contribution is 5.79. The van der Waals surface area contributed by atoms with Crippen LogP contribution in [0.5, 0.6) is 11.6 Å². The summed E-state index contributed by atoms with van der Waals surface area (Å²) in [5.74, 6) is -0.761. The standard InChI is InChI=1S/C19H20FN3O4/c1-19(17(24)25)7-9-23(12-19)18(26)22-11-13-4-3-8-21-16(13)27-15-6-2-5-14(20)10-15/h2-6,8,10H,7,9,11-12H2,1H3,(H,22,26)(H,24,25). The Morgan fingerprint density at radius 3 is 2.89 bits per heavy atom. The van der Waals surface area contributed by atoms with Crippen molar-refractivity contribution >= 4 is 12.0 Å².